The Kier molecular flexibility index (Phi) is 6.64. The van der Waals surface area contributed by atoms with E-state index >= 15 is 0 Å². The zero-order valence-corrected chi connectivity index (χ0v) is 18.1. The summed E-state index contributed by atoms with van der Waals surface area (Å²) in [6, 6.07) is 23.9. The van der Waals surface area contributed by atoms with Crippen molar-refractivity contribution in [3.63, 3.8) is 0 Å². The van der Waals surface area contributed by atoms with Crippen molar-refractivity contribution >= 4 is 11.8 Å². The number of hydrogen-bond donors (Lipinski definition) is 1. The summed E-state index contributed by atoms with van der Waals surface area (Å²) < 4.78 is 14.3. The molecular formula is C27H27FN2O2. The number of halogens is 1. The standard InChI is InChI=1S/C27H27FN2O2/c1-19-8-7-9-20(14-19)16-29-26(31)23-15-22(21-10-3-2-4-11-21)17-30(18-23)27(32)24-12-5-6-13-25(24)28/h2-14,22-23H,15-18H2,1H3,(H,29,31). The van der Waals surface area contributed by atoms with Crippen LogP contribution in [0.3, 0.4) is 0 Å². The molecule has 4 nitrogen and oxygen atoms in total. The highest BCUT2D eigenvalue weighted by Crippen LogP contribution is 2.31. The Morgan fingerprint density at radius 2 is 1.72 bits per heavy atom. The van der Waals surface area contributed by atoms with Crippen molar-refractivity contribution in [3.8, 4) is 0 Å². The fourth-order valence-electron chi connectivity index (χ4n) is 4.38. The Morgan fingerprint density at radius 1 is 0.969 bits per heavy atom. The monoisotopic (exact) mass is 430 g/mol. The Morgan fingerprint density at radius 3 is 2.47 bits per heavy atom. The van der Waals surface area contributed by atoms with E-state index in [0.29, 0.717) is 19.5 Å². The van der Waals surface area contributed by atoms with Gasteiger partial charge < -0.3 is 10.2 Å². The van der Waals surface area contributed by atoms with Crippen LogP contribution in [-0.2, 0) is 11.3 Å². The number of carbonyl (C=O) groups is 2. The van der Waals surface area contributed by atoms with Gasteiger partial charge in [0.1, 0.15) is 5.82 Å². The van der Waals surface area contributed by atoms with Gasteiger partial charge in [-0.15, -0.1) is 0 Å². The number of piperidine rings is 1. The summed E-state index contributed by atoms with van der Waals surface area (Å²) in [5.74, 6) is -1.36. The first-order chi connectivity index (χ1) is 15.5. The summed E-state index contributed by atoms with van der Waals surface area (Å²) in [7, 11) is 0. The number of nitrogens with one attached hydrogen (secondary N) is 1. The predicted molar refractivity (Wildman–Crippen MR) is 123 cm³/mol. The van der Waals surface area contributed by atoms with Crippen LogP contribution >= 0.6 is 0 Å². The minimum Gasteiger partial charge on any atom is -0.352 e. The average molecular weight is 431 g/mol. The molecule has 32 heavy (non-hydrogen) atoms. The van der Waals surface area contributed by atoms with Gasteiger partial charge in [0.05, 0.1) is 11.5 Å². The van der Waals surface area contributed by atoms with Gasteiger partial charge in [0, 0.05) is 25.6 Å². The number of hydrogen-bond acceptors (Lipinski definition) is 2. The van der Waals surface area contributed by atoms with Crippen molar-refractivity contribution in [1.29, 1.82) is 0 Å². The normalized spacial score (nSPS) is 18.2. The molecule has 1 N–H and O–H groups in total. The summed E-state index contributed by atoms with van der Waals surface area (Å²) in [6.45, 7) is 3.19. The van der Waals surface area contributed by atoms with Crippen LogP contribution in [0.25, 0.3) is 0 Å². The Bertz CT molecular complexity index is 1100. The largest absolute Gasteiger partial charge is 0.352 e. The van der Waals surface area contributed by atoms with Gasteiger partial charge in [-0.25, -0.2) is 4.39 Å². The van der Waals surface area contributed by atoms with E-state index in [0.717, 1.165) is 16.7 Å². The second-order valence-corrected chi connectivity index (χ2v) is 8.44. The molecule has 0 spiro atoms. The van der Waals surface area contributed by atoms with Crippen molar-refractivity contribution in [2.24, 2.45) is 5.92 Å². The number of amides is 2. The van der Waals surface area contributed by atoms with E-state index in [1.165, 1.54) is 12.1 Å². The van der Waals surface area contributed by atoms with Gasteiger partial charge in [-0.05, 0) is 36.6 Å². The molecule has 3 aromatic rings. The highest BCUT2D eigenvalue weighted by atomic mass is 19.1. The lowest BCUT2D eigenvalue weighted by atomic mass is 9.83. The quantitative estimate of drug-likeness (QED) is 0.638. The maximum Gasteiger partial charge on any atom is 0.256 e. The SMILES string of the molecule is Cc1cccc(CNC(=O)C2CC(c3ccccc3)CN(C(=O)c3ccccc3F)C2)c1. The lowest BCUT2D eigenvalue weighted by Gasteiger charge is -2.37. The van der Waals surface area contributed by atoms with Crippen molar-refractivity contribution in [2.75, 3.05) is 13.1 Å². The molecule has 1 saturated heterocycles. The first-order valence-corrected chi connectivity index (χ1v) is 10.9. The molecular weight excluding hydrogens is 403 g/mol. The predicted octanol–water partition coefficient (Wildman–Crippen LogP) is 4.70. The zero-order chi connectivity index (χ0) is 22.5. The van der Waals surface area contributed by atoms with Crippen LogP contribution in [0.5, 0.6) is 0 Å². The van der Waals surface area contributed by atoms with Crippen LogP contribution in [-0.4, -0.2) is 29.8 Å². The smallest absolute Gasteiger partial charge is 0.256 e. The second kappa shape index (κ2) is 9.77. The second-order valence-electron chi connectivity index (χ2n) is 8.44. The molecule has 0 radical (unpaired) electrons. The highest BCUT2D eigenvalue weighted by Gasteiger charge is 2.35. The van der Waals surface area contributed by atoms with Crippen LogP contribution in [0.15, 0.2) is 78.9 Å². The molecule has 2 unspecified atom stereocenters. The Labute approximate surface area is 188 Å². The van der Waals surface area contributed by atoms with Crippen molar-refractivity contribution in [3.05, 3.63) is 107 Å². The number of benzene rings is 3. The van der Waals surface area contributed by atoms with Gasteiger partial charge in [-0.3, -0.25) is 9.59 Å². The summed E-state index contributed by atoms with van der Waals surface area (Å²) >= 11 is 0. The van der Waals surface area contributed by atoms with Crippen LogP contribution in [0.1, 0.15) is 39.4 Å². The molecule has 0 aliphatic carbocycles. The number of aryl methyl sites for hydroxylation is 1. The minimum atomic E-state index is -0.542. The van der Waals surface area contributed by atoms with E-state index in [2.05, 4.69) is 5.32 Å². The van der Waals surface area contributed by atoms with E-state index in [9.17, 15) is 14.0 Å². The third-order valence-electron chi connectivity index (χ3n) is 6.03. The van der Waals surface area contributed by atoms with E-state index in [4.69, 9.17) is 0 Å². The minimum absolute atomic E-state index is 0.00962. The summed E-state index contributed by atoms with van der Waals surface area (Å²) in [5.41, 5.74) is 3.29. The van der Waals surface area contributed by atoms with Crippen molar-refractivity contribution in [2.45, 2.75) is 25.8 Å². The summed E-state index contributed by atoms with van der Waals surface area (Å²) in [6.07, 6.45) is 0.644. The van der Waals surface area contributed by atoms with E-state index in [1.807, 2.05) is 61.5 Å². The third-order valence-corrected chi connectivity index (χ3v) is 6.03. The van der Waals surface area contributed by atoms with Crippen molar-refractivity contribution in [1.82, 2.24) is 10.2 Å². The fraction of sp³-hybridized carbons (Fsp3) is 0.259. The lowest BCUT2D eigenvalue weighted by molar-refractivity contribution is -0.126. The maximum atomic E-state index is 14.3. The molecule has 164 valence electrons. The van der Waals surface area contributed by atoms with Gasteiger partial charge >= 0.3 is 0 Å². The average Bonchev–Trinajstić information content (AvgIpc) is 2.83. The first-order valence-electron chi connectivity index (χ1n) is 10.9. The van der Waals surface area contributed by atoms with E-state index < -0.39 is 5.82 Å². The third kappa shape index (κ3) is 5.05. The first kappa shape index (κ1) is 21.8. The molecule has 2 atom stereocenters. The van der Waals surface area contributed by atoms with Crippen molar-refractivity contribution < 1.29 is 14.0 Å². The number of nitrogens with zero attached hydrogens (tertiary/aromatic N) is 1. The molecule has 2 amide bonds. The summed E-state index contributed by atoms with van der Waals surface area (Å²) in [5, 5.41) is 3.03. The van der Waals surface area contributed by atoms with Gasteiger partial charge in [0.2, 0.25) is 5.91 Å². The molecule has 0 saturated carbocycles. The number of likely N-dealkylation sites (tertiary alicyclic amines) is 1. The summed E-state index contributed by atoms with van der Waals surface area (Å²) in [4.78, 5) is 27.8. The molecule has 1 fully saturated rings. The Hall–Kier alpha value is -3.47. The lowest BCUT2D eigenvalue weighted by Crippen LogP contribution is -2.48. The number of rotatable bonds is 5. The molecule has 1 heterocycles. The Balaban J connectivity index is 1.53. The molecule has 0 aromatic heterocycles. The van der Waals surface area contributed by atoms with Gasteiger partial charge in [0.25, 0.3) is 5.91 Å². The number of carbonyl (C=O) groups excluding carboxylic acids is 2. The van der Waals surface area contributed by atoms with Gasteiger partial charge in [0.15, 0.2) is 0 Å². The van der Waals surface area contributed by atoms with E-state index in [-0.39, 0.29) is 35.8 Å². The highest BCUT2D eigenvalue weighted by molar-refractivity contribution is 5.95. The molecule has 1 aliphatic heterocycles. The maximum absolute atomic E-state index is 14.3. The zero-order valence-electron chi connectivity index (χ0n) is 18.1. The molecule has 4 rings (SSSR count). The molecule has 3 aromatic carbocycles. The molecule has 5 heteroatoms. The fourth-order valence-corrected chi connectivity index (χ4v) is 4.38. The molecule has 0 bridgehead atoms. The van der Waals surface area contributed by atoms with E-state index in [1.54, 1.807) is 17.0 Å². The van der Waals surface area contributed by atoms with Crippen LogP contribution in [0.2, 0.25) is 0 Å². The topological polar surface area (TPSA) is 49.4 Å². The van der Waals surface area contributed by atoms with Crippen LogP contribution < -0.4 is 5.32 Å². The van der Waals surface area contributed by atoms with Crippen LogP contribution in [0, 0.1) is 18.7 Å². The van der Waals surface area contributed by atoms with Crippen LogP contribution in [0.4, 0.5) is 4.39 Å². The van der Waals surface area contributed by atoms with Gasteiger partial charge in [-0.1, -0.05) is 72.3 Å². The molecule has 1 aliphatic rings. The van der Waals surface area contributed by atoms with Gasteiger partial charge in [-0.2, -0.15) is 0 Å².